The Labute approximate surface area is 147 Å². The first kappa shape index (κ1) is 15.5. The van der Waals surface area contributed by atoms with Gasteiger partial charge in [0.15, 0.2) is 0 Å². The van der Waals surface area contributed by atoms with E-state index in [2.05, 4.69) is 12.1 Å². The molecule has 2 aliphatic rings. The van der Waals surface area contributed by atoms with Crippen molar-refractivity contribution in [1.82, 2.24) is 4.90 Å². The fourth-order valence-electron chi connectivity index (χ4n) is 3.99. The van der Waals surface area contributed by atoms with Crippen LogP contribution in [0.25, 0.3) is 0 Å². The first-order valence-corrected chi connectivity index (χ1v) is 8.79. The van der Waals surface area contributed by atoms with E-state index >= 15 is 0 Å². The van der Waals surface area contributed by atoms with Gasteiger partial charge in [-0.15, -0.1) is 0 Å². The highest BCUT2D eigenvalue weighted by Crippen LogP contribution is 2.51. The molecule has 2 aromatic rings. The molecule has 0 spiro atoms. The van der Waals surface area contributed by atoms with E-state index in [1.54, 1.807) is 0 Å². The molecule has 24 heavy (non-hydrogen) atoms. The standard InChI is InChI=1S/C20H20ClNO2/c21-17-8-4-7-15(9-17)18-10-16-11-22(12-19(16)18)20(23)24-13-14-5-2-1-3-6-14/h1-9,16,18-19H,10-13H2/t16-,18-,19+/m1/s1. The van der Waals surface area contributed by atoms with Crippen LogP contribution in [0.1, 0.15) is 23.5 Å². The summed E-state index contributed by atoms with van der Waals surface area (Å²) in [5.74, 6) is 1.65. The lowest BCUT2D eigenvalue weighted by molar-refractivity contribution is 0.103. The number of fused-ring (bicyclic) bond motifs is 1. The van der Waals surface area contributed by atoms with Gasteiger partial charge >= 0.3 is 6.09 Å². The van der Waals surface area contributed by atoms with Crippen molar-refractivity contribution in [2.24, 2.45) is 11.8 Å². The smallest absolute Gasteiger partial charge is 0.410 e. The fraction of sp³-hybridized carbons (Fsp3) is 0.350. The summed E-state index contributed by atoms with van der Waals surface area (Å²) in [6.45, 7) is 1.94. The molecule has 2 fully saturated rings. The van der Waals surface area contributed by atoms with Crippen LogP contribution in [0.2, 0.25) is 5.02 Å². The summed E-state index contributed by atoms with van der Waals surface area (Å²) < 4.78 is 5.46. The lowest BCUT2D eigenvalue weighted by Crippen LogP contribution is -2.33. The third-order valence-electron chi connectivity index (χ3n) is 5.31. The average Bonchev–Trinajstić information content (AvgIpc) is 2.91. The van der Waals surface area contributed by atoms with Crippen LogP contribution >= 0.6 is 11.6 Å². The van der Waals surface area contributed by atoms with Crippen molar-refractivity contribution < 1.29 is 9.53 Å². The van der Waals surface area contributed by atoms with Crippen molar-refractivity contribution in [3.63, 3.8) is 0 Å². The number of nitrogens with zero attached hydrogens (tertiary/aromatic N) is 1. The third-order valence-corrected chi connectivity index (χ3v) is 5.54. The highest BCUT2D eigenvalue weighted by molar-refractivity contribution is 6.30. The van der Waals surface area contributed by atoms with Crippen LogP contribution in [0.3, 0.4) is 0 Å². The van der Waals surface area contributed by atoms with Gasteiger partial charge in [0.25, 0.3) is 0 Å². The molecule has 1 saturated carbocycles. The monoisotopic (exact) mass is 341 g/mol. The van der Waals surface area contributed by atoms with Gasteiger partial charge in [0, 0.05) is 18.1 Å². The zero-order valence-corrected chi connectivity index (χ0v) is 14.2. The highest BCUT2D eigenvalue weighted by atomic mass is 35.5. The Morgan fingerprint density at radius 2 is 1.96 bits per heavy atom. The number of hydrogen-bond donors (Lipinski definition) is 0. The topological polar surface area (TPSA) is 29.5 Å². The van der Waals surface area contributed by atoms with Crippen LogP contribution in [-0.4, -0.2) is 24.1 Å². The minimum Gasteiger partial charge on any atom is -0.445 e. The van der Waals surface area contributed by atoms with E-state index in [0.717, 1.165) is 30.1 Å². The second-order valence-electron chi connectivity index (χ2n) is 6.77. The molecule has 0 N–H and O–H groups in total. The summed E-state index contributed by atoms with van der Waals surface area (Å²) in [4.78, 5) is 14.2. The number of carbonyl (C=O) groups is 1. The molecular weight excluding hydrogens is 322 g/mol. The van der Waals surface area contributed by atoms with Crippen LogP contribution in [0.4, 0.5) is 4.79 Å². The van der Waals surface area contributed by atoms with Crippen molar-refractivity contribution in [2.45, 2.75) is 18.9 Å². The Kier molecular flexibility index (Phi) is 4.19. The van der Waals surface area contributed by atoms with E-state index in [1.165, 1.54) is 5.56 Å². The molecule has 2 aromatic carbocycles. The molecule has 0 radical (unpaired) electrons. The molecule has 0 unspecified atom stereocenters. The Morgan fingerprint density at radius 3 is 2.75 bits per heavy atom. The van der Waals surface area contributed by atoms with E-state index in [4.69, 9.17) is 16.3 Å². The second kappa shape index (κ2) is 6.48. The van der Waals surface area contributed by atoms with Crippen LogP contribution in [0.15, 0.2) is 54.6 Å². The van der Waals surface area contributed by atoms with Crippen LogP contribution in [0.5, 0.6) is 0 Å². The number of amides is 1. The van der Waals surface area contributed by atoms with E-state index < -0.39 is 0 Å². The molecule has 1 amide bonds. The number of ether oxygens (including phenoxy) is 1. The number of likely N-dealkylation sites (tertiary alicyclic amines) is 1. The zero-order chi connectivity index (χ0) is 16.5. The van der Waals surface area contributed by atoms with Gasteiger partial charge < -0.3 is 9.64 Å². The van der Waals surface area contributed by atoms with Crippen LogP contribution in [0, 0.1) is 11.8 Å². The van der Waals surface area contributed by atoms with Gasteiger partial charge in [0.1, 0.15) is 6.61 Å². The minimum atomic E-state index is -0.196. The third kappa shape index (κ3) is 3.01. The van der Waals surface area contributed by atoms with Crippen molar-refractivity contribution in [3.8, 4) is 0 Å². The summed E-state index contributed by atoms with van der Waals surface area (Å²) in [5.41, 5.74) is 2.31. The molecule has 3 nitrogen and oxygen atoms in total. The summed E-state index contributed by atoms with van der Waals surface area (Å²) in [7, 11) is 0. The molecule has 3 atom stereocenters. The Bertz CT molecular complexity index is 733. The fourth-order valence-corrected chi connectivity index (χ4v) is 4.19. The summed E-state index contributed by atoms with van der Waals surface area (Å²) in [6, 6.07) is 17.9. The number of carbonyl (C=O) groups excluding carboxylic acids is 1. The van der Waals surface area contributed by atoms with Crippen LogP contribution in [-0.2, 0) is 11.3 Å². The van der Waals surface area contributed by atoms with E-state index in [1.807, 2.05) is 47.4 Å². The normalized spacial score (nSPS) is 25.0. The highest BCUT2D eigenvalue weighted by Gasteiger charge is 2.49. The molecule has 124 valence electrons. The largest absolute Gasteiger partial charge is 0.445 e. The minimum absolute atomic E-state index is 0.196. The molecule has 1 saturated heterocycles. The summed E-state index contributed by atoms with van der Waals surface area (Å²) in [6.07, 6.45) is 0.936. The van der Waals surface area contributed by atoms with E-state index in [9.17, 15) is 4.79 Å². The van der Waals surface area contributed by atoms with Crippen molar-refractivity contribution in [2.75, 3.05) is 13.1 Å². The quantitative estimate of drug-likeness (QED) is 0.809. The van der Waals surface area contributed by atoms with Gasteiger partial charge in [0.05, 0.1) is 0 Å². The van der Waals surface area contributed by atoms with Gasteiger partial charge in [-0.2, -0.15) is 0 Å². The molecule has 1 aliphatic heterocycles. The zero-order valence-electron chi connectivity index (χ0n) is 13.4. The van der Waals surface area contributed by atoms with Crippen molar-refractivity contribution in [3.05, 3.63) is 70.7 Å². The molecule has 0 aromatic heterocycles. The molecule has 4 rings (SSSR count). The summed E-state index contributed by atoms with van der Waals surface area (Å²) >= 11 is 6.11. The predicted octanol–water partition coefficient (Wildman–Crippen LogP) is 4.71. The second-order valence-corrected chi connectivity index (χ2v) is 7.20. The maximum absolute atomic E-state index is 12.3. The lowest BCUT2D eigenvalue weighted by atomic mass is 9.64. The maximum Gasteiger partial charge on any atom is 0.410 e. The molecule has 4 heteroatoms. The van der Waals surface area contributed by atoms with E-state index in [0.29, 0.717) is 24.4 Å². The van der Waals surface area contributed by atoms with Crippen molar-refractivity contribution in [1.29, 1.82) is 0 Å². The SMILES string of the molecule is O=C(OCc1ccccc1)N1C[C@H]2C[C@H](c3cccc(Cl)c3)[C@H]2C1. The Hall–Kier alpha value is -2.00. The average molecular weight is 342 g/mol. The predicted molar refractivity (Wildman–Crippen MR) is 94.0 cm³/mol. The van der Waals surface area contributed by atoms with E-state index in [-0.39, 0.29) is 6.09 Å². The summed E-state index contributed by atoms with van der Waals surface area (Å²) in [5, 5.41) is 0.785. The number of halogens is 1. The van der Waals surface area contributed by atoms with Gasteiger partial charge in [-0.05, 0) is 47.4 Å². The number of benzene rings is 2. The number of hydrogen-bond acceptors (Lipinski definition) is 2. The van der Waals surface area contributed by atoms with Crippen molar-refractivity contribution >= 4 is 17.7 Å². The lowest BCUT2D eigenvalue weighted by Gasteiger charge is -2.39. The van der Waals surface area contributed by atoms with Gasteiger partial charge in [0.2, 0.25) is 0 Å². The number of rotatable bonds is 3. The van der Waals surface area contributed by atoms with Crippen LogP contribution < -0.4 is 0 Å². The first-order valence-electron chi connectivity index (χ1n) is 8.42. The molecule has 1 aliphatic carbocycles. The van der Waals surface area contributed by atoms with Gasteiger partial charge in [-0.3, -0.25) is 0 Å². The first-order chi connectivity index (χ1) is 11.7. The van der Waals surface area contributed by atoms with Gasteiger partial charge in [-0.25, -0.2) is 4.79 Å². The van der Waals surface area contributed by atoms with Gasteiger partial charge in [-0.1, -0.05) is 54.1 Å². The maximum atomic E-state index is 12.3. The molecule has 0 bridgehead atoms. The Morgan fingerprint density at radius 1 is 1.12 bits per heavy atom. The molecular formula is C20H20ClNO2. The molecule has 1 heterocycles. The Balaban J connectivity index is 1.34.